The quantitative estimate of drug-likeness (QED) is 0.383. The van der Waals surface area contributed by atoms with Crippen molar-refractivity contribution in [1.29, 1.82) is 5.26 Å². The summed E-state index contributed by atoms with van der Waals surface area (Å²) in [5.74, 6) is -2.69. The third-order valence-corrected chi connectivity index (χ3v) is 5.73. The molecule has 3 N–H and O–H groups in total. The molecule has 0 aliphatic rings. The number of rotatable bonds is 5. The summed E-state index contributed by atoms with van der Waals surface area (Å²) in [6, 6.07) is 11.1. The number of alkyl halides is 3. The van der Waals surface area contributed by atoms with E-state index in [1.165, 1.54) is 13.0 Å². The van der Waals surface area contributed by atoms with Crippen LogP contribution in [0.5, 0.6) is 0 Å². The van der Waals surface area contributed by atoms with Gasteiger partial charge in [0.15, 0.2) is 5.69 Å². The molecule has 4 rings (SSSR count). The fourth-order valence-corrected chi connectivity index (χ4v) is 3.87. The molecule has 12 heteroatoms. The Morgan fingerprint density at radius 3 is 2.49 bits per heavy atom. The number of nitriles is 1. The summed E-state index contributed by atoms with van der Waals surface area (Å²) in [4.78, 5) is 28.8. The molecule has 2 aromatic carbocycles. The van der Waals surface area contributed by atoms with Gasteiger partial charge in [-0.2, -0.15) is 23.5 Å². The normalized spacial score (nSPS) is 11.4. The average molecular weight is 510 g/mol. The lowest BCUT2D eigenvalue weighted by Crippen LogP contribution is -2.19. The van der Waals surface area contributed by atoms with E-state index in [9.17, 15) is 27.2 Å². The molecule has 0 saturated heterocycles. The Hall–Kier alpha value is -4.79. The average Bonchev–Trinajstić information content (AvgIpc) is 3.13. The minimum atomic E-state index is -4.90. The number of hydrogen-bond acceptors (Lipinski definition) is 5. The molecule has 2 aromatic heterocycles. The molecule has 0 fully saturated rings. The molecule has 0 unspecified atom stereocenters. The number of carbonyl (C=O) groups excluding carboxylic acids is 2. The molecule has 2 heterocycles. The molecule has 0 aliphatic heterocycles. The molecule has 0 saturated carbocycles. The highest BCUT2D eigenvalue weighted by Crippen LogP contribution is 2.36. The zero-order chi connectivity index (χ0) is 27.1. The molecule has 188 valence electrons. The predicted octanol–water partition coefficient (Wildman–Crippen LogP) is 4.48. The van der Waals surface area contributed by atoms with Gasteiger partial charge in [0.1, 0.15) is 11.5 Å². The highest BCUT2D eigenvalue weighted by molar-refractivity contribution is 6.14. The molecule has 0 radical (unpaired) electrons. The predicted molar refractivity (Wildman–Crippen MR) is 125 cm³/mol. The molecule has 8 nitrogen and oxygen atoms in total. The van der Waals surface area contributed by atoms with Gasteiger partial charge in [-0.1, -0.05) is 12.1 Å². The van der Waals surface area contributed by atoms with Crippen molar-refractivity contribution in [3.05, 3.63) is 87.6 Å². The van der Waals surface area contributed by atoms with Gasteiger partial charge in [-0.05, 0) is 49.2 Å². The zero-order valence-corrected chi connectivity index (χ0v) is 19.4. The molecule has 37 heavy (non-hydrogen) atoms. The van der Waals surface area contributed by atoms with Crippen LogP contribution in [0.25, 0.3) is 10.9 Å². The number of fused-ring (bicyclic) bond motifs is 1. The van der Waals surface area contributed by atoms with E-state index in [1.807, 2.05) is 6.07 Å². The van der Waals surface area contributed by atoms with Crippen LogP contribution in [0, 0.1) is 31.0 Å². The van der Waals surface area contributed by atoms with E-state index in [-0.39, 0.29) is 34.4 Å². The number of nitrogens with two attached hydrogens (primary N) is 1. The van der Waals surface area contributed by atoms with Crippen molar-refractivity contribution in [1.82, 2.24) is 14.8 Å². The Labute approximate surface area is 207 Å². The molecule has 0 aliphatic carbocycles. The van der Waals surface area contributed by atoms with E-state index in [4.69, 9.17) is 11.0 Å². The lowest BCUT2D eigenvalue weighted by atomic mass is 10.1. The highest BCUT2D eigenvalue weighted by Gasteiger charge is 2.39. The smallest absolute Gasteiger partial charge is 0.364 e. The van der Waals surface area contributed by atoms with Crippen LogP contribution in [0.3, 0.4) is 0 Å². The van der Waals surface area contributed by atoms with Crippen LogP contribution in [0.4, 0.5) is 23.2 Å². The number of aromatic nitrogens is 3. The minimum absolute atomic E-state index is 0.0159. The highest BCUT2D eigenvalue weighted by atomic mass is 19.4. The molecular formula is C25H18F4N6O2. The van der Waals surface area contributed by atoms with Crippen LogP contribution in [0.2, 0.25) is 0 Å². The fourth-order valence-electron chi connectivity index (χ4n) is 3.87. The molecule has 0 bridgehead atoms. The van der Waals surface area contributed by atoms with Gasteiger partial charge < -0.3 is 11.1 Å². The molecule has 2 amide bonds. The number of halogens is 4. The topological polar surface area (TPSA) is 127 Å². The molecular weight excluding hydrogens is 492 g/mol. The van der Waals surface area contributed by atoms with Gasteiger partial charge in [0.25, 0.3) is 11.8 Å². The second-order valence-electron chi connectivity index (χ2n) is 8.26. The van der Waals surface area contributed by atoms with E-state index in [0.29, 0.717) is 16.7 Å². The van der Waals surface area contributed by atoms with E-state index in [1.54, 1.807) is 25.1 Å². The van der Waals surface area contributed by atoms with Gasteiger partial charge in [0.2, 0.25) is 0 Å². The van der Waals surface area contributed by atoms with Crippen LogP contribution in [0.15, 0.2) is 42.5 Å². The largest absolute Gasteiger partial charge is 0.437 e. The Morgan fingerprint density at radius 1 is 1.14 bits per heavy atom. The lowest BCUT2D eigenvalue weighted by Gasteiger charge is -2.12. The number of aryl methyl sites for hydroxylation is 1. The van der Waals surface area contributed by atoms with Crippen molar-refractivity contribution in [3.8, 4) is 6.07 Å². The monoisotopic (exact) mass is 510 g/mol. The Morgan fingerprint density at radius 2 is 1.86 bits per heavy atom. The summed E-state index contributed by atoms with van der Waals surface area (Å²) in [5, 5.41) is 15.1. The van der Waals surface area contributed by atoms with Crippen molar-refractivity contribution in [2.24, 2.45) is 5.73 Å². The van der Waals surface area contributed by atoms with Crippen molar-refractivity contribution >= 4 is 28.4 Å². The summed E-state index contributed by atoms with van der Waals surface area (Å²) in [6.45, 7) is 3.01. The van der Waals surface area contributed by atoms with Crippen LogP contribution in [-0.2, 0) is 12.7 Å². The van der Waals surface area contributed by atoms with E-state index in [0.717, 1.165) is 22.9 Å². The maximum Gasteiger partial charge on any atom is 0.437 e. The zero-order valence-electron chi connectivity index (χ0n) is 19.4. The molecule has 0 spiro atoms. The fraction of sp³-hybridized carbons (Fsp3) is 0.160. The van der Waals surface area contributed by atoms with E-state index in [2.05, 4.69) is 15.4 Å². The summed E-state index contributed by atoms with van der Waals surface area (Å²) >= 11 is 0. The number of primary amides is 1. The van der Waals surface area contributed by atoms with Crippen LogP contribution >= 0.6 is 0 Å². The second-order valence-corrected chi connectivity index (χ2v) is 8.26. The standard InChI is InChI=1S/C25H18F4N6O2/c1-12-7-14(3-4-15(12)10-30)11-35-13(2)21(22(34-35)25(27,28)29)33-24(37)18-9-20(23(31)36)32-19-8-16(26)5-6-17(18)19/h3-9H,11H2,1-2H3,(H2,31,36)(H,33,37). The van der Waals surface area contributed by atoms with Crippen molar-refractivity contribution in [2.75, 3.05) is 5.32 Å². The number of carbonyl (C=O) groups is 2. The van der Waals surface area contributed by atoms with Crippen molar-refractivity contribution < 1.29 is 27.2 Å². The number of amides is 2. The van der Waals surface area contributed by atoms with E-state index < -0.39 is 35.2 Å². The molecule has 0 atom stereocenters. The number of hydrogen-bond donors (Lipinski definition) is 2. The Balaban J connectivity index is 1.77. The van der Waals surface area contributed by atoms with Gasteiger partial charge in [-0.15, -0.1) is 0 Å². The van der Waals surface area contributed by atoms with Crippen molar-refractivity contribution in [3.63, 3.8) is 0 Å². The molecule has 4 aromatic rings. The van der Waals surface area contributed by atoms with Crippen molar-refractivity contribution in [2.45, 2.75) is 26.6 Å². The summed E-state index contributed by atoms with van der Waals surface area (Å²) < 4.78 is 56.5. The first-order valence-electron chi connectivity index (χ1n) is 10.7. The van der Waals surface area contributed by atoms with Gasteiger partial charge in [-0.3, -0.25) is 14.3 Å². The summed E-state index contributed by atoms with van der Waals surface area (Å²) in [6.07, 6.45) is -4.90. The number of pyridine rings is 1. The van der Waals surface area contributed by atoms with Gasteiger partial charge in [0, 0.05) is 11.5 Å². The first kappa shape index (κ1) is 25.3. The summed E-state index contributed by atoms with van der Waals surface area (Å²) in [7, 11) is 0. The van der Waals surface area contributed by atoms with Gasteiger partial charge in [0.05, 0.1) is 40.6 Å². The van der Waals surface area contributed by atoms with E-state index >= 15 is 0 Å². The Kier molecular flexibility index (Phi) is 6.39. The third-order valence-electron chi connectivity index (χ3n) is 5.73. The minimum Gasteiger partial charge on any atom is -0.364 e. The van der Waals surface area contributed by atoms with Crippen LogP contribution in [-0.4, -0.2) is 26.6 Å². The van der Waals surface area contributed by atoms with Crippen LogP contribution < -0.4 is 11.1 Å². The SMILES string of the molecule is Cc1cc(Cn2nc(C(F)(F)F)c(NC(=O)c3cc(C(N)=O)nc4cc(F)ccc34)c2C)ccc1C#N. The number of nitrogens with zero attached hydrogens (tertiary/aromatic N) is 4. The lowest BCUT2D eigenvalue weighted by molar-refractivity contribution is -0.140. The maximum atomic E-state index is 13.9. The van der Waals surface area contributed by atoms with Gasteiger partial charge >= 0.3 is 6.18 Å². The maximum absolute atomic E-state index is 13.9. The number of anilines is 1. The summed E-state index contributed by atoms with van der Waals surface area (Å²) in [5.41, 5.74) is 4.43. The Bertz CT molecular complexity index is 1620. The van der Waals surface area contributed by atoms with Gasteiger partial charge in [-0.25, -0.2) is 9.37 Å². The second kappa shape index (κ2) is 9.34. The first-order valence-corrected chi connectivity index (χ1v) is 10.7. The third kappa shape index (κ3) is 4.97. The first-order chi connectivity index (χ1) is 17.4. The van der Waals surface area contributed by atoms with Crippen LogP contribution in [0.1, 0.15) is 48.9 Å². The number of nitrogens with one attached hydrogen (secondary N) is 1. The number of benzene rings is 2.